The van der Waals surface area contributed by atoms with Gasteiger partial charge in [-0.3, -0.25) is 0 Å². The molecule has 2 saturated heterocycles. The second kappa shape index (κ2) is 6.11. The van der Waals surface area contributed by atoms with Gasteiger partial charge in [-0.25, -0.2) is 0 Å². The van der Waals surface area contributed by atoms with E-state index in [2.05, 4.69) is 17.3 Å². The molecule has 21 heavy (non-hydrogen) atoms. The van der Waals surface area contributed by atoms with Crippen molar-refractivity contribution in [3.8, 4) is 0 Å². The Kier molecular flexibility index (Phi) is 4.38. The van der Waals surface area contributed by atoms with Crippen molar-refractivity contribution < 1.29 is 0 Å². The first kappa shape index (κ1) is 15.1. The monoisotopic (exact) mass is 323 g/mol. The summed E-state index contributed by atoms with van der Waals surface area (Å²) in [5.41, 5.74) is 7.58. The predicted molar refractivity (Wildman–Crippen MR) is 93.2 cm³/mol. The highest BCUT2D eigenvalue weighted by atomic mass is 35.5. The summed E-state index contributed by atoms with van der Waals surface area (Å²) in [7, 11) is 2.27. The minimum atomic E-state index is 0.358. The number of hydrogen-bond donors (Lipinski definition) is 2. The molecule has 1 aromatic rings. The van der Waals surface area contributed by atoms with Crippen LogP contribution in [0.1, 0.15) is 37.7 Å². The fourth-order valence-corrected chi connectivity index (χ4v) is 4.40. The molecule has 0 spiro atoms. The lowest BCUT2D eigenvalue weighted by Gasteiger charge is -2.47. The zero-order valence-electron chi connectivity index (χ0n) is 12.3. The molecule has 2 aliphatic rings. The van der Waals surface area contributed by atoms with Crippen LogP contribution in [0.25, 0.3) is 0 Å². The van der Waals surface area contributed by atoms with Crippen LogP contribution in [0, 0.1) is 0 Å². The normalized spacial score (nSPS) is 29.1. The maximum absolute atomic E-state index is 6.25. The Bertz CT molecular complexity index is 534. The molecule has 2 unspecified atom stereocenters. The summed E-state index contributed by atoms with van der Waals surface area (Å²) < 4.78 is 0. The largest absolute Gasteiger partial charge is 0.389 e. The van der Waals surface area contributed by atoms with E-state index in [9.17, 15) is 0 Å². The molecule has 2 bridgehead atoms. The number of nitrogens with zero attached hydrogens (tertiary/aromatic N) is 1. The van der Waals surface area contributed by atoms with Crippen LogP contribution in [-0.2, 0) is 0 Å². The van der Waals surface area contributed by atoms with Crippen LogP contribution in [0.5, 0.6) is 0 Å². The number of hydrogen-bond acceptors (Lipinski definition) is 3. The summed E-state index contributed by atoms with van der Waals surface area (Å²) in [6.07, 6.45) is 6.33. The third-order valence-corrected chi connectivity index (χ3v) is 5.48. The van der Waals surface area contributed by atoms with E-state index in [1.807, 2.05) is 18.2 Å². The number of nitrogens with two attached hydrogens (primary N) is 1. The van der Waals surface area contributed by atoms with Crippen molar-refractivity contribution in [3.05, 3.63) is 28.8 Å². The lowest BCUT2D eigenvalue weighted by atomic mass is 9.82. The van der Waals surface area contributed by atoms with E-state index >= 15 is 0 Å². The van der Waals surface area contributed by atoms with Crippen LogP contribution in [0.15, 0.2) is 18.2 Å². The molecule has 3 nitrogen and oxygen atoms in total. The Morgan fingerprint density at radius 3 is 2.62 bits per heavy atom. The molecule has 2 fully saturated rings. The standard InChI is InChI=1S/C16H22ClN3S/c1-20-11-4-2-5-12(20)9-10(8-11)19-14-7-3-6-13(17)15(14)16(18)21/h3,6-7,10-12,19H,2,4-5,8-9H2,1H3,(H2,18,21). The highest BCUT2D eigenvalue weighted by Crippen LogP contribution is 2.35. The number of nitrogens with one attached hydrogen (secondary N) is 1. The van der Waals surface area contributed by atoms with Crippen LogP contribution in [0.3, 0.4) is 0 Å². The summed E-state index contributed by atoms with van der Waals surface area (Å²) in [4.78, 5) is 2.92. The van der Waals surface area contributed by atoms with E-state index in [1.165, 1.54) is 32.1 Å². The lowest BCUT2D eigenvalue weighted by Crippen LogP contribution is -2.52. The van der Waals surface area contributed by atoms with Crippen LogP contribution in [0.2, 0.25) is 5.02 Å². The van der Waals surface area contributed by atoms with Crippen molar-refractivity contribution in [2.45, 2.75) is 50.2 Å². The van der Waals surface area contributed by atoms with Gasteiger partial charge in [-0.1, -0.05) is 36.3 Å². The van der Waals surface area contributed by atoms with Gasteiger partial charge in [0.2, 0.25) is 0 Å². The number of piperidine rings is 2. The van der Waals surface area contributed by atoms with E-state index in [-0.39, 0.29) is 0 Å². The second-order valence-corrected chi connectivity index (χ2v) is 7.09. The van der Waals surface area contributed by atoms with Gasteiger partial charge >= 0.3 is 0 Å². The lowest BCUT2D eigenvalue weighted by molar-refractivity contribution is 0.0608. The minimum absolute atomic E-state index is 0.358. The Balaban J connectivity index is 1.79. The first-order valence-corrected chi connectivity index (χ1v) is 8.41. The first-order valence-electron chi connectivity index (χ1n) is 7.63. The molecule has 3 N–H and O–H groups in total. The Morgan fingerprint density at radius 1 is 1.33 bits per heavy atom. The van der Waals surface area contributed by atoms with Gasteiger partial charge in [0.05, 0.1) is 10.6 Å². The quantitative estimate of drug-likeness (QED) is 0.837. The van der Waals surface area contributed by atoms with Crippen molar-refractivity contribution in [2.24, 2.45) is 5.73 Å². The second-order valence-electron chi connectivity index (χ2n) is 6.24. The fraction of sp³-hybridized carbons (Fsp3) is 0.562. The average molecular weight is 324 g/mol. The highest BCUT2D eigenvalue weighted by molar-refractivity contribution is 7.80. The zero-order valence-corrected chi connectivity index (χ0v) is 13.9. The van der Waals surface area contributed by atoms with Crippen LogP contribution < -0.4 is 11.1 Å². The van der Waals surface area contributed by atoms with E-state index in [0.717, 1.165) is 11.3 Å². The van der Waals surface area contributed by atoms with Crippen LogP contribution >= 0.6 is 23.8 Å². The molecule has 0 saturated carbocycles. The minimum Gasteiger partial charge on any atom is -0.389 e. The van der Waals surface area contributed by atoms with Gasteiger partial charge in [0, 0.05) is 23.8 Å². The van der Waals surface area contributed by atoms with E-state index in [1.54, 1.807) is 0 Å². The molecule has 2 aliphatic heterocycles. The Hall–Kier alpha value is -0.840. The van der Waals surface area contributed by atoms with E-state index in [0.29, 0.717) is 28.1 Å². The third-order valence-electron chi connectivity index (χ3n) is 4.96. The molecule has 5 heteroatoms. The maximum atomic E-state index is 6.25. The number of halogens is 1. The smallest absolute Gasteiger partial charge is 0.107 e. The molecule has 0 aliphatic carbocycles. The van der Waals surface area contributed by atoms with Crippen molar-refractivity contribution in [3.63, 3.8) is 0 Å². The molecular formula is C16H22ClN3S. The molecule has 0 amide bonds. The number of benzene rings is 1. The molecule has 0 radical (unpaired) electrons. The van der Waals surface area contributed by atoms with Gasteiger partial charge < -0.3 is 16.0 Å². The van der Waals surface area contributed by atoms with Gasteiger partial charge in [0.25, 0.3) is 0 Å². The predicted octanol–water partition coefficient (Wildman–Crippen LogP) is 3.40. The average Bonchev–Trinajstić information content (AvgIpc) is 2.39. The molecule has 3 rings (SSSR count). The van der Waals surface area contributed by atoms with Gasteiger partial charge in [0.15, 0.2) is 0 Å². The fourth-order valence-electron chi connectivity index (χ4n) is 3.85. The Labute approximate surface area is 136 Å². The highest BCUT2D eigenvalue weighted by Gasteiger charge is 2.36. The summed E-state index contributed by atoms with van der Waals surface area (Å²) in [5.74, 6) is 0. The number of fused-ring (bicyclic) bond motifs is 2. The molecule has 1 aromatic carbocycles. The first-order chi connectivity index (χ1) is 10.1. The van der Waals surface area contributed by atoms with Gasteiger partial charge in [-0.15, -0.1) is 0 Å². The van der Waals surface area contributed by atoms with Crippen LogP contribution in [0.4, 0.5) is 5.69 Å². The molecule has 2 heterocycles. The number of anilines is 1. The topological polar surface area (TPSA) is 41.3 Å². The van der Waals surface area contributed by atoms with Crippen molar-refractivity contribution >= 4 is 34.5 Å². The van der Waals surface area contributed by atoms with Crippen molar-refractivity contribution in [2.75, 3.05) is 12.4 Å². The van der Waals surface area contributed by atoms with Gasteiger partial charge in [-0.2, -0.15) is 0 Å². The summed E-state index contributed by atoms with van der Waals surface area (Å²) in [6.45, 7) is 0. The van der Waals surface area contributed by atoms with Gasteiger partial charge in [0.1, 0.15) is 4.99 Å². The number of rotatable bonds is 3. The molecule has 2 atom stereocenters. The van der Waals surface area contributed by atoms with E-state index < -0.39 is 0 Å². The molecular weight excluding hydrogens is 302 g/mol. The molecule has 114 valence electrons. The molecule has 0 aromatic heterocycles. The summed E-state index contributed by atoms with van der Waals surface area (Å²) >= 11 is 11.4. The number of thiocarbonyl (C=S) groups is 1. The van der Waals surface area contributed by atoms with Gasteiger partial charge in [-0.05, 0) is 44.9 Å². The zero-order chi connectivity index (χ0) is 15.0. The van der Waals surface area contributed by atoms with Crippen molar-refractivity contribution in [1.82, 2.24) is 4.90 Å². The maximum Gasteiger partial charge on any atom is 0.107 e. The third kappa shape index (κ3) is 3.03. The Morgan fingerprint density at radius 2 is 2.00 bits per heavy atom. The summed E-state index contributed by atoms with van der Waals surface area (Å²) in [5, 5.41) is 4.27. The summed E-state index contributed by atoms with van der Waals surface area (Å²) in [6, 6.07) is 7.68. The van der Waals surface area contributed by atoms with Crippen LogP contribution in [-0.4, -0.2) is 35.1 Å². The van der Waals surface area contributed by atoms with Crippen molar-refractivity contribution in [1.29, 1.82) is 0 Å². The van der Waals surface area contributed by atoms with E-state index in [4.69, 9.17) is 29.6 Å². The SMILES string of the molecule is CN1C2CCCC1CC(Nc1cccc(Cl)c1C(N)=S)C2.